The third-order valence-corrected chi connectivity index (χ3v) is 6.75. The van der Waals surface area contributed by atoms with Crippen LogP contribution in [0.25, 0.3) is 33.1 Å². The van der Waals surface area contributed by atoms with Crippen LogP contribution >= 0.6 is 15.6 Å². The predicted molar refractivity (Wildman–Crippen MR) is 142 cm³/mol. The second kappa shape index (κ2) is 10.00. The van der Waals surface area contributed by atoms with Gasteiger partial charge in [-0.3, -0.25) is 0 Å². The molecular formula is C24H29F13N4P2. The molecule has 1 aliphatic heterocycles. The molecule has 246 valence electrons. The molecule has 2 aromatic heterocycles. The number of hydrogen-bond donors (Lipinski definition) is 0. The van der Waals surface area contributed by atoms with Crippen LogP contribution in [0.3, 0.4) is 0 Å². The van der Waals surface area contributed by atoms with Gasteiger partial charge in [-0.2, -0.15) is 4.57 Å². The first kappa shape index (κ1) is 35.0. The van der Waals surface area contributed by atoms with Crippen molar-refractivity contribution in [3.8, 4) is 0 Å². The second-order valence-electron chi connectivity index (χ2n) is 10.8. The Bertz CT molecular complexity index is 1590. The molecule has 0 spiro atoms. The molecule has 0 radical (unpaired) electrons. The van der Waals surface area contributed by atoms with E-state index in [1.165, 1.54) is 43.4 Å². The molecule has 43 heavy (non-hydrogen) atoms. The summed E-state index contributed by atoms with van der Waals surface area (Å²) >= 11 is 0. The number of unbranched alkanes of at least 4 members (excludes halogenated alkanes) is 1. The Morgan fingerprint density at radius 3 is 1.91 bits per heavy atom. The van der Waals surface area contributed by atoms with Crippen LogP contribution in [0.1, 0.15) is 25.7 Å². The fraction of sp³-hybridized carbons (Fsp3) is 0.417. The van der Waals surface area contributed by atoms with Crippen molar-refractivity contribution in [2.45, 2.75) is 32.2 Å². The second-order valence-corrected chi connectivity index (χ2v) is 14.6. The molecule has 5 rings (SSSR count). The molecule has 2 aromatic carbocycles. The summed E-state index contributed by atoms with van der Waals surface area (Å²) in [7, 11) is -16.9. The Hall–Kier alpha value is -2.51. The van der Waals surface area contributed by atoms with Crippen LogP contribution in [0.2, 0.25) is 0 Å². The van der Waals surface area contributed by atoms with Crippen molar-refractivity contribution in [2.24, 2.45) is 7.05 Å². The van der Waals surface area contributed by atoms with Crippen LogP contribution < -0.4 is 4.57 Å². The van der Waals surface area contributed by atoms with Crippen LogP contribution in [0.5, 0.6) is 0 Å². The van der Waals surface area contributed by atoms with Crippen molar-refractivity contribution in [1.29, 1.82) is 0 Å². The van der Waals surface area contributed by atoms with E-state index in [9.17, 15) is 54.8 Å². The summed E-state index contributed by atoms with van der Waals surface area (Å²) in [5.74, 6) is -0.198. The maximum absolute atomic E-state index is 14.1. The van der Waals surface area contributed by atoms with Gasteiger partial charge in [-0.25, -0.2) is 9.37 Å². The molecule has 0 atom stereocenters. The average molecular weight is 682 g/mol. The number of aryl methyl sites for hydroxylation is 2. The summed E-state index contributed by atoms with van der Waals surface area (Å²) in [6.07, 6.45) is 5.05. The number of rotatable bonds is 5. The van der Waals surface area contributed by atoms with E-state index in [1.54, 1.807) is 12.1 Å². The molecule has 1 aliphatic rings. The van der Waals surface area contributed by atoms with Gasteiger partial charge in [0.15, 0.2) is 0 Å². The molecule has 0 unspecified atom stereocenters. The number of aromatic nitrogens is 3. The molecule has 0 bridgehead atoms. The van der Waals surface area contributed by atoms with Crippen LogP contribution in [0.4, 0.5) is 54.8 Å². The third kappa shape index (κ3) is 12.6. The number of halogens is 13. The van der Waals surface area contributed by atoms with Crippen molar-refractivity contribution in [1.82, 2.24) is 9.55 Å². The van der Waals surface area contributed by atoms with Crippen molar-refractivity contribution in [3.05, 3.63) is 48.3 Å². The van der Waals surface area contributed by atoms with Gasteiger partial charge in [-0.05, 0) is 37.1 Å². The quantitative estimate of drug-likeness (QED) is 0.0675. The number of para-hydroxylation sites is 2. The molecule has 4 nitrogen and oxygen atoms in total. The Balaban J connectivity index is 0.000000303. The van der Waals surface area contributed by atoms with Gasteiger partial charge >= 0.3 is 66.0 Å². The van der Waals surface area contributed by atoms with Gasteiger partial charge in [0.1, 0.15) is 18.4 Å². The first-order valence-electron chi connectivity index (χ1n) is 12.8. The SMILES string of the molecule is C[n+]1c2ccccc2nc2c1c1cc(F)ccc1n2CCCC[N+]1(C)CCCC1.F[P-](F)(F)(F)(F)F.F[P-](F)(F)(F)(F)F. The zero-order valence-corrected chi connectivity index (χ0v) is 24.6. The molecule has 0 aliphatic carbocycles. The number of quaternary nitrogens is 1. The van der Waals surface area contributed by atoms with E-state index in [4.69, 9.17) is 4.98 Å². The normalized spacial score (nSPS) is 18.6. The van der Waals surface area contributed by atoms with Gasteiger partial charge in [0.05, 0.1) is 37.6 Å². The topological polar surface area (TPSA) is 21.7 Å². The first-order chi connectivity index (χ1) is 19.0. The number of likely N-dealkylation sites (tertiary alicyclic amines) is 1. The molecule has 1 fully saturated rings. The van der Waals surface area contributed by atoms with Crippen LogP contribution in [-0.4, -0.2) is 40.7 Å². The predicted octanol–water partition coefficient (Wildman–Crippen LogP) is 11.1. The summed E-state index contributed by atoms with van der Waals surface area (Å²) in [6.45, 7) is 4.79. The van der Waals surface area contributed by atoms with Crippen LogP contribution in [-0.2, 0) is 13.6 Å². The number of fused-ring (bicyclic) bond motifs is 4. The van der Waals surface area contributed by atoms with Gasteiger partial charge < -0.3 is 9.05 Å². The van der Waals surface area contributed by atoms with E-state index in [-0.39, 0.29) is 5.82 Å². The van der Waals surface area contributed by atoms with Gasteiger partial charge in [-0.15, -0.1) is 0 Å². The number of hydrogen-bond acceptors (Lipinski definition) is 1. The Morgan fingerprint density at radius 1 is 0.814 bits per heavy atom. The Kier molecular flexibility index (Phi) is 8.13. The van der Waals surface area contributed by atoms with Crippen molar-refractivity contribution < 1.29 is 63.8 Å². The fourth-order valence-corrected chi connectivity index (χ4v) is 5.13. The summed E-state index contributed by atoms with van der Waals surface area (Å²) in [6, 6.07) is 13.3. The van der Waals surface area contributed by atoms with E-state index < -0.39 is 15.6 Å². The van der Waals surface area contributed by atoms with E-state index >= 15 is 0 Å². The minimum absolute atomic E-state index is 0.198. The fourth-order valence-electron chi connectivity index (χ4n) is 5.13. The van der Waals surface area contributed by atoms with Gasteiger partial charge in [-0.1, -0.05) is 12.1 Å². The third-order valence-electron chi connectivity index (χ3n) is 6.75. The van der Waals surface area contributed by atoms with Gasteiger partial charge in [0, 0.05) is 25.5 Å². The standard InChI is InChI=1S/C24H29FN4.2F6P/c1-27-22-10-4-3-9-20(22)26-24-23(27)19-17-18(25)11-12-21(19)28(24)13-5-6-14-29(2)15-7-8-16-29;2*1-7(2,3,4,5)6/h3-4,9-12,17H,5-8,13-16H2,1-2H3;;/q+2;2*-1. The minimum atomic E-state index is -10.7. The van der Waals surface area contributed by atoms with E-state index in [1.807, 2.05) is 18.2 Å². The zero-order valence-electron chi connectivity index (χ0n) is 22.8. The van der Waals surface area contributed by atoms with Crippen LogP contribution in [0.15, 0.2) is 42.5 Å². The van der Waals surface area contributed by atoms with Crippen LogP contribution in [0, 0.1) is 5.82 Å². The molecule has 0 amide bonds. The molecule has 19 heteroatoms. The molecular weight excluding hydrogens is 653 g/mol. The van der Waals surface area contributed by atoms with E-state index in [0.29, 0.717) is 0 Å². The van der Waals surface area contributed by atoms with Gasteiger partial charge in [0.2, 0.25) is 11.2 Å². The number of benzene rings is 2. The number of nitrogens with zero attached hydrogens (tertiary/aromatic N) is 4. The summed E-state index contributed by atoms with van der Waals surface area (Å²) in [5.41, 5.74) is 5.07. The summed E-state index contributed by atoms with van der Waals surface area (Å²) in [4.78, 5) is 4.99. The van der Waals surface area contributed by atoms with Gasteiger partial charge in [0.25, 0.3) is 5.52 Å². The maximum atomic E-state index is 14.1. The Morgan fingerprint density at radius 2 is 1.35 bits per heavy atom. The average Bonchev–Trinajstić information content (AvgIpc) is 3.34. The first-order valence-corrected chi connectivity index (χ1v) is 16.8. The Labute approximate surface area is 236 Å². The zero-order chi connectivity index (χ0) is 32.8. The van der Waals surface area contributed by atoms with E-state index in [0.717, 1.165) is 46.1 Å². The molecule has 4 aromatic rings. The molecule has 0 saturated carbocycles. The van der Waals surface area contributed by atoms with Crippen molar-refractivity contribution in [2.75, 3.05) is 26.7 Å². The monoisotopic (exact) mass is 682 g/mol. The summed E-state index contributed by atoms with van der Waals surface area (Å²) in [5, 5.41) is 0.944. The molecule has 1 saturated heterocycles. The molecule has 3 heterocycles. The molecule has 0 N–H and O–H groups in total. The van der Waals surface area contributed by atoms with Crippen molar-refractivity contribution in [3.63, 3.8) is 0 Å². The van der Waals surface area contributed by atoms with Crippen molar-refractivity contribution >= 4 is 48.7 Å². The summed E-state index contributed by atoms with van der Waals surface area (Å²) < 4.78 is 138. The van der Waals surface area contributed by atoms with E-state index in [2.05, 4.69) is 35.4 Å².